The molecule has 98 valence electrons. The largest absolute Gasteiger partial charge is 0.390 e. The van der Waals surface area contributed by atoms with Crippen LogP contribution in [0.25, 0.3) is 0 Å². The normalized spacial score (nSPS) is 28.1. The Morgan fingerprint density at radius 2 is 2.17 bits per heavy atom. The molecule has 7 heteroatoms. The minimum Gasteiger partial charge on any atom is -0.390 e. The summed E-state index contributed by atoms with van der Waals surface area (Å²) in [6, 6.07) is 1.42. The first-order chi connectivity index (χ1) is 8.49. The third-order valence-electron chi connectivity index (χ3n) is 2.87. The lowest BCUT2D eigenvalue weighted by atomic mass is 9.95. The molecule has 0 aromatic heterocycles. The SMILES string of the molecule is O=[N+]([O-])C1CC(O)COC1c1cc(F)ccc1F. The molecule has 1 aromatic rings. The highest BCUT2D eigenvalue weighted by Gasteiger charge is 2.41. The molecule has 2 rings (SSSR count). The van der Waals surface area contributed by atoms with Crippen LogP contribution >= 0.6 is 0 Å². The molecule has 0 saturated carbocycles. The summed E-state index contributed by atoms with van der Waals surface area (Å²) in [5.74, 6) is -1.45. The van der Waals surface area contributed by atoms with Gasteiger partial charge in [-0.1, -0.05) is 0 Å². The average Bonchev–Trinajstić information content (AvgIpc) is 2.32. The Morgan fingerprint density at radius 1 is 1.44 bits per heavy atom. The zero-order chi connectivity index (χ0) is 13.3. The third kappa shape index (κ3) is 2.46. The predicted molar refractivity (Wildman–Crippen MR) is 56.5 cm³/mol. The van der Waals surface area contributed by atoms with Gasteiger partial charge >= 0.3 is 0 Å². The van der Waals surface area contributed by atoms with Crippen LogP contribution in [0.15, 0.2) is 18.2 Å². The van der Waals surface area contributed by atoms with Crippen LogP contribution in [0.2, 0.25) is 0 Å². The maximum absolute atomic E-state index is 13.6. The minimum absolute atomic E-state index is 0.134. The lowest BCUT2D eigenvalue weighted by molar-refractivity contribution is -0.545. The predicted octanol–water partition coefficient (Wildman–Crippen LogP) is 1.43. The molecule has 0 bridgehead atoms. The summed E-state index contributed by atoms with van der Waals surface area (Å²) in [6.07, 6.45) is -2.29. The van der Waals surface area contributed by atoms with Crippen LogP contribution in [0.4, 0.5) is 8.78 Å². The van der Waals surface area contributed by atoms with E-state index in [9.17, 15) is 24.0 Å². The zero-order valence-electron chi connectivity index (χ0n) is 9.25. The van der Waals surface area contributed by atoms with Gasteiger partial charge in [0.25, 0.3) is 0 Å². The van der Waals surface area contributed by atoms with Gasteiger partial charge in [0.05, 0.1) is 12.7 Å². The van der Waals surface area contributed by atoms with Gasteiger partial charge in [-0.2, -0.15) is 0 Å². The number of aliphatic hydroxyl groups excluding tert-OH is 1. The second-order valence-electron chi connectivity index (χ2n) is 4.16. The molecular weight excluding hydrogens is 248 g/mol. The van der Waals surface area contributed by atoms with E-state index in [1.165, 1.54) is 0 Å². The second kappa shape index (κ2) is 4.95. The van der Waals surface area contributed by atoms with Crippen LogP contribution in [0.5, 0.6) is 0 Å². The number of nitrogens with zero attached hydrogens (tertiary/aromatic N) is 1. The van der Waals surface area contributed by atoms with Gasteiger partial charge in [0.1, 0.15) is 11.6 Å². The van der Waals surface area contributed by atoms with E-state index in [0.29, 0.717) is 0 Å². The maximum Gasteiger partial charge on any atom is 0.245 e. The number of aliphatic hydroxyl groups is 1. The highest BCUT2D eigenvalue weighted by atomic mass is 19.1. The van der Waals surface area contributed by atoms with Crippen molar-refractivity contribution >= 4 is 0 Å². The summed E-state index contributed by atoms with van der Waals surface area (Å²) in [5, 5.41) is 20.2. The Morgan fingerprint density at radius 3 is 2.83 bits per heavy atom. The summed E-state index contributed by atoms with van der Waals surface area (Å²) in [4.78, 5) is 10.2. The van der Waals surface area contributed by atoms with Gasteiger partial charge in [-0.05, 0) is 18.2 Å². The summed E-state index contributed by atoms with van der Waals surface area (Å²) in [7, 11) is 0. The van der Waals surface area contributed by atoms with E-state index in [1.807, 2.05) is 0 Å². The Labute approximate surface area is 101 Å². The zero-order valence-corrected chi connectivity index (χ0v) is 9.25. The number of benzene rings is 1. The van der Waals surface area contributed by atoms with E-state index in [4.69, 9.17) is 4.74 Å². The molecule has 0 amide bonds. The molecule has 0 aliphatic carbocycles. The molecule has 1 N–H and O–H groups in total. The fourth-order valence-corrected chi connectivity index (χ4v) is 2.02. The molecule has 1 aromatic carbocycles. The van der Waals surface area contributed by atoms with Crippen LogP contribution < -0.4 is 0 Å². The lowest BCUT2D eigenvalue weighted by Crippen LogP contribution is -2.40. The number of nitro groups is 1. The third-order valence-corrected chi connectivity index (χ3v) is 2.87. The van der Waals surface area contributed by atoms with Crippen LogP contribution in [-0.2, 0) is 4.74 Å². The van der Waals surface area contributed by atoms with Gasteiger partial charge in [0.2, 0.25) is 6.04 Å². The highest BCUT2D eigenvalue weighted by Crippen LogP contribution is 2.32. The van der Waals surface area contributed by atoms with E-state index in [2.05, 4.69) is 0 Å². The number of ether oxygens (including phenoxy) is 1. The molecule has 1 heterocycles. The molecule has 0 spiro atoms. The molecule has 1 aliphatic rings. The monoisotopic (exact) mass is 259 g/mol. The van der Waals surface area contributed by atoms with Gasteiger partial charge in [-0.15, -0.1) is 0 Å². The van der Waals surface area contributed by atoms with Gasteiger partial charge in [-0.25, -0.2) is 8.78 Å². The Kier molecular flexibility index (Phi) is 3.53. The van der Waals surface area contributed by atoms with Crippen molar-refractivity contribution in [2.45, 2.75) is 24.7 Å². The number of hydrogen-bond donors (Lipinski definition) is 1. The topological polar surface area (TPSA) is 72.6 Å². The minimum atomic E-state index is -1.29. The van der Waals surface area contributed by atoms with E-state index in [-0.39, 0.29) is 18.6 Å². The molecule has 5 nitrogen and oxygen atoms in total. The second-order valence-corrected chi connectivity index (χ2v) is 4.16. The fraction of sp³-hybridized carbons (Fsp3) is 0.455. The molecular formula is C11H11F2NO4. The lowest BCUT2D eigenvalue weighted by Gasteiger charge is -2.29. The Balaban J connectivity index is 2.35. The smallest absolute Gasteiger partial charge is 0.245 e. The van der Waals surface area contributed by atoms with Crippen LogP contribution in [-0.4, -0.2) is 28.8 Å². The maximum atomic E-state index is 13.6. The van der Waals surface area contributed by atoms with Crippen molar-refractivity contribution in [3.63, 3.8) is 0 Å². The fourth-order valence-electron chi connectivity index (χ4n) is 2.02. The number of halogens is 2. The van der Waals surface area contributed by atoms with Gasteiger partial charge < -0.3 is 9.84 Å². The molecule has 1 fully saturated rings. The number of rotatable bonds is 2. The molecule has 1 saturated heterocycles. The first-order valence-corrected chi connectivity index (χ1v) is 5.37. The van der Waals surface area contributed by atoms with Crippen molar-refractivity contribution in [3.05, 3.63) is 45.5 Å². The van der Waals surface area contributed by atoms with Crippen molar-refractivity contribution in [2.24, 2.45) is 0 Å². The average molecular weight is 259 g/mol. The summed E-state index contributed by atoms with van der Waals surface area (Å²) in [6.45, 7) is -0.134. The van der Waals surface area contributed by atoms with E-state index >= 15 is 0 Å². The molecule has 3 atom stereocenters. The molecule has 0 radical (unpaired) electrons. The quantitative estimate of drug-likeness (QED) is 0.644. The highest BCUT2D eigenvalue weighted by molar-refractivity contribution is 5.22. The first kappa shape index (κ1) is 12.8. The van der Waals surface area contributed by atoms with Gasteiger partial charge in [0.15, 0.2) is 6.10 Å². The van der Waals surface area contributed by atoms with E-state index in [0.717, 1.165) is 18.2 Å². The first-order valence-electron chi connectivity index (χ1n) is 5.37. The Hall–Kier alpha value is -1.60. The van der Waals surface area contributed by atoms with Crippen molar-refractivity contribution in [3.8, 4) is 0 Å². The standard InChI is InChI=1S/C11H11F2NO4/c12-6-1-2-9(13)8(3-6)11-10(14(16)17)4-7(15)5-18-11/h1-3,7,10-11,15H,4-5H2. The van der Waals surface area contributed by atoms with Crippen molar-refractivity contribution in [1.82, 2.24) is 0 Å². The summed E-state index contributed by atoms with van der Waals surface area (Å²) in [5.41, 5.74) is -0.191. The molecule has 1 aliphatic heterocycles. The molecule has 3 unspecified atom stereocenters. The molecule has 18 heavy (non-hydrogen) atoms. The Bertz CT molecular complexity index is 468. The number of hydrogen-bond acceptors (Lipinski definition) is 4. The van der Waals surface area contributed by atoms with Gasteiger partial charge in [-0.3, -0.25) is 10.1 Å². The van der Waals surface area contributed by atoms with Crippen molar-refractivity contribution < 1.29 is 23.5 Å². The van der Waals surface area contributed by atoms with E-state index in [1.54, 1.807) is 0 Å². The van der Waals surface area contributed by atoms with Gasteiger partial charge in [0, 0.05) is 16.9 Å². The van der Waals surface area contributed by atoms with Crippen LogP contribution in [0.3, 0.4) is 0 Å². The van der Waals surface area contributed by atoms with Crippen LogP contribution in [0.1, 0.15) is 18.1 Å². The summed E-state index contributed by atoms with van der Waals surface area (Å²) >= 11 is 0. The summed E-state index contributed by atoms with van der Waals surface area (Å²) < 4.78 is 31.7. The van der Waals surface area contributed by atoms with E-state index < -0.39 is 34.8 Å². The van der Waals surface area contributed by atoms with Crippen molar-refractivity contribution in [2.75, 3.05) is 6.61 Å². The van der Waals surface area contributed by atoms with Crippen LogP contribution in [0, 0.1) is 21.7 Å². The van der Waals surface area contributed by atoms with Crippen molar-refractivity contribution in [1.29, 1.82) is 0 Å².